The lowest BCUT2D eigenvalue weighted by Crippen LogP contribution is -2.47. The summed E-state index contributed by atoms with van der Waals surface area (Å²) in [6.07, 6.45) is 11.9. The van der Waals surface area contributed by atoms with Gasteiger partial charge in [-0.05, 0) is 94.7 Å². The molecule has 2 aliphatic carbocycles. The molecule has 1 saturated heterocycles. The molecule has 1 aliphatic heterocycles. The number of hydrogen-bond acceptors (Lipinski definition) is 9. The average molecular weight is 756 g/mol. The molecule has 0 spiro atoms. The Morgan fingerprint density at radius 2 is 1.92 bits per heavy atom. The largest absolute Gasteiger partial charge is 0.496 e. The summed E-state index contributed by atoms with van der Waals surface area (Å²) in [5.74, 6) is 1.09. The first kappa shape index (κ1) is 42.7. The average Bonchev–Trinajstić information content (AvgIpc) is 4.05. The van der Waals surface area contributed by atoms with E-state index in [1.165, 1.54) is 24.8 Å². The minimum atomic E-state index is -0.289. The van der Waals surface area contributed by atoms with E-state index < -0.39 is 0 Å². The van der Waals surface area contributed by atoms with Gasteiger partial charge in [0.1, 0.15) is 23.4 Å². The number of aryl methyl sites for hydroxylation is 1. The van der Waals surface area contributed by atoms with Crippen molar-refractivity contribution in [2.24, 2.45) is 0 Å². The molecular formula is C39H57N5O6S2. The molecule has 3 N–H and O–H groups in total. The first-order valence-corrected chi connectivity index (χ1v) is 20.2. The molecule has 0 bridgehead atoms. The van der Waals surface area contributed by atoms with Crippen LogP contribution in [0, 0.1) is 6.92 Å². The minimum Gasteiger partial charge on any atom is -0.496 e. The number of likely N-dealkylation sites (tertiary alicyclic amines) is 1. The number of thiazole rings is 1. The van der Waals surface area contributed by atoms with Crippen LogP contribution >= 0.6 is 23.3 Å². The van der Waals surface area contributed by atoms with Crippen LogP contribution in [-0.4, -0.2) is 77.3 Å². The number of pyridine rings is 1. The van der Waals surface area contributed by atoms with Crippen LogP contribution < -0.4 is 20.2 Å². The smallest absolute Gasteiger partial charge is 0.249 e. The quantitative estimate of drug-likeness (QED) is 0.0636. The number of allylic oxidation sites excluding steroid dienone is 1. The first-order valence-electron chi connectivity index (χ1n) is 18.5. The lowest BCUT2D eigenvalue weighted by Gasteiger charge is -2.24. The van der Waals surface area contributed by atoms with Gasteiger partial charge in [-0.3, -0.25) is 19.2 Å². The van der Waals surface area contributed by atoms with Gasteiger partial charge in [-0.2, -0.15) is 0 Å². The Balaban J connectivity index is 0.000000228. The molecule has 3 amide bonds. The summed E-state index contributed by atoms with van der Waals surface area (Å²) in [4.78, 5) is 55.9. The van der Waals surface area contributed by atoms with E-state index in [1.54, 1.807) is 35.5 Å². The fourth-order valence-corrected chi connectivity index (χ4v) is 6.93. The van der Waals surface area contributed by atoms with Crippen molar-refractivity contribution in [3.05, 3.63) is 57.7 Å². The third-order valence-electron chi connectivity index (χ3n) is 8.56. The highest BCUT2D eigenvalue weighted by molar-refractivity contribution is 7.98. The SMILES string of the molecule is C=CCCCCOCC(=O)N1CCCC1C(=O)NC1CC1.CC.COc1ccc2c(=O)cc(-c3nc(C(C)C)cs3)[nH]c2c1C.O=CNSC1CC1. The summed E-state index contributed by atoms with van der Waals surface area (Å²) >= 11 is 3.08. The van der Waals surface area contributed by atoms with E-state index in [9.17, 15) is 19.2 Å². The summed E-state index contributed by atoms with van der Waals surface area (Å²) in [5.41, 5.74) is 3.53. The van der Waals surface area contributed by atoms with E-state index in [0.717, 1.165) is 89.8 Å². The number of methoxy groups -OCH3 is 1. The number of unbranched alkanes of at least 4 members (excludes halogenated alkanes) is 2. The van der Waals surface area contributed by atoms with Gasteiger partial charge in [-0.25, -0.2) is 4.98 Å². The molecule has 3 aliphatic rings. The van der Waals surface area contributed by atoms with Gasteiger partial charge in [0, 0.05) is 46.8 Å². The van der Waals surface area contributed by atoms with Crippen LogP contribution in [0.15, 0.2) is 41.0 Å². The lowest BCUT2D eigenvalue weighted by atomic mass is 10.1. The molecule has 0 radical (unpaired) electrons. The second-order valence-electron chi connectivity index (χ2n) is 13.0. The zero-order valence-corrected chi connectivity index (χ0v) is 33.3. The van der Waals surface area contributed by atoms with Gasteiger partial charge in [0.25, 0.3) is 0 Å². The third kappa shape index (κ3) is 13.4. The van der Waals surface area contributed by atoms with E-state index >= 15 is 0 Å². The molecule has 3 heterocycles. The molecule has 6 rings (SSSR count). The molecule has 1 aromatic carbocycles. The predicted octanol–water partition coefficient (Wildman–Crippen LogP) is 7.29. The van der Waals surface area contributed by atoms with Gasteiger partial charge < -0.3 is 29.4 Å². The zero-order chi connectivity index (χ0) is 38.0. The lowest BCUT2D eigenvalue weighted by molar-refractivity contribution is -0.142. The number of fused-ring (bicyclic) bond motifs is 1. The van der Waals surface area contributed by atoms with Crippen molar-refractivity contribution in [3.8, 4) is 16.5 Å². The molecule has 3 fully saturated rings. The topological polar surface area (TPSA) is 143 Å². The highest BCUT2D eigenvalue weighted by Gasteiger charge is 2.36. The maximum Gasteiger partial charge on any atom is 0.249 e. The van der Waals surface area contributed by atoms with E-state index in [1.807, 2.05) is 38.3 Å². The number of amides is 3. The van der Waals surface area contributed by atoms with Gasteiger partial charge in [0.15, 0.2) is 5.43 Å². The highest BCUT2D eigenvalue weighted by Crippen LogP contribution is 2.31. The molecule has 286 valence electrons. The van der Waals surface area contributed by atoms with Crippen molar-refractivity contribution in [2.45, 2.75) is 116 Å². The number of carbonyl (C=O) groups is 3. The van der Waals surface area contributed by atoms with Gasteiger partial charge >= 0.3 is 0 Å². The third-order valence-corrected chi connectivity index (χ3v) is 10.5. The van der Waals surface area contributed by atoms with Gasteiger partial charge in [-0.1, -0.05) is 33.8 Å². The number of benzene rings is 1. The first-order chi connectivity index (χ1) is 25.2. The molecule has 1 atom stereocenters. The summed E-state index contributed by atoms with van der Waals surface area (Å²) in [7, 11) is 1.63. The van der Waals surface area contributed by atoms with Crippen molar-refractivity contribution in [2.75, 3.05) is 26.9 Å². The molecule has 11 nitrogen and oxygen atoms in total. The Kier molecular flexibility index (Phi) is 18.4. The Hall–Kier alpha value is -3.68. The predicted molar refractivity (Wildman–Crippen MR) is 213 cm³/mol. The Morgan fingerprint density at radius 1 is 1.17 bits per heavy atom. The highest BCUT2D eigenvalue weighted by atomic mass is 32.2. The second-order valence-corrected chi connectivity index (χ2v) is 15.0. The van der Waals surface area contributed by atoms with Crippen LogP contribution in [-0.2, 0) is 19.1 Å². The molecule has 3 aromatic rings. The van der Waals surface area contributed by atoms with Crippen LogP contribution in [0.4, 0.5) is 0 Å². The van der Waals surface area contributed by atoms with Crippen LogP contribution in [0.2, 0.25) is 0 Å². The van der Waals surface area contributed by atoms with Crippen LogP contribution in [0.3, 0.4) is 0 Å². The number of nitrogens with zero attached hydrogens (tertiary/aromatic N) is 2. The van der Waals surface area contributed by atoms with Gasteiger partial charge in [0.2, 0.25) is 18.2 Å². The van der Waals surface area contributed by atoms with E-state index in [2.05, 4.69) is 40.4 Å². The van der Waals surface area contributed by atoms with Crippen molar-refractivity contribution >= 4 is 52.4 Å². The van der Waals surface area contributed by atoms with E-state index in [4.69, 9.17) is 9.47 Å². The Labute approximate surface area is 316 Å². The standard InChI is InChI=1S/C17H18N2O2S.C16H26N2O3.C4H7NOS.C2H6/c1-9(2)13-8-22-17(19-13)12-7-14(20)11-5-6-15(21-4)10(3)16(11)18-12;1-2-3-4-5-11-21-12-15(19)18-10-6-7-14(18)16(20)17-13-8-9-13;6-3-5-7-4-1-2-4;1-2/h5-9H,1-4H3,(H,18,20);2,13-14H,1,3-12H2,(H,17,20);3-4H,1-2H2,(H,5,6);1-2H3. The second kappa shape index (κ2) is 22.4. The fourth-order valence-electron chi connectivity index (χ4n) is 5.36. The summed E-state index contributed by atoms with van der Waals surface area (Å²) in [5, 5.41) is 7.26. The van der Waals surface area contributed by atoms with Crippen molar-refractivity contribution < 1.29 is 23.9 Å². The fraction of sp³-hybridized carbons (Fsp3) is 0.564. The van der Waals surface area contributed by atoms with Crippen molar-refractivity contribution in [1.29, 1.82) is 0 Å². The number of carbonyl (C=O) groups excluding carboxylic acids is 3. The molecule has 2 saturated carbocycles. The molecule has 1 unspecified atom stereocenters. The molecular weight excluding hydrogens is 699 g/mol. The molecule has 52 heavy (non-hydrogen) atoms. The van der Waals surface area contributed by atoms with Gasteiger partial charge in [0.05, 0.1) is 24.0 Å². The maximum absolute atomic E-state index is 12.4. The van der Waals surface area contributed by atoms with Crippen LogP contribution in [0.25, 0.3) is 21.6 Å². The number of aromatic nitrogens is 2. The normalized spacial score (nSPS) is 16.1. The molecule has 2 aromatic heterocycles. The Bertz CT molecular complexity index is 1650. The zero-order valence-electron chi connectivity index (χ0n) is 31.6. The summed E-state index contributed by atoms with van der Waals surface area (Å²) < 4.78 is 13.3. The summed E-state index contributed by atoms with van der Waals surface area (Å²) in [6.45, 7) is 15.2. The van der Waals surface area contributed by atoms with E-state index in [-0.39, 0.29) is 29.9 Å². The van der Waals surface area contributed by atoms with Crippen molar-refractivity contribution in [3.63, 3.8) is 0 Å². The van der Waals surface area contributed by atoms with E-state index in [0.29, 0.717) is 30.5 Å². The number of nitrogens with one attached hydrogen (secondary N) is 3. The molecule has 13 heteroatoms. The maximum atomic E-state index is 12.4. The van der Waals surface area contributed by atoms with Crippen LogP contribution in [0.5, 0.6) is 5.75 Å². The number of rotatable bonds is 15. The monoisotopic (exact) mass is 755 g/mol. The number of hydrogen-bond donors (Lipinski definition) is 3. The number of H-pyrrole nitrogens is 1. The van der Waals surface area contributed by atoms with Crippen LogP contribution in [0.1, 0.15) is 103 Å². The Morgan fingerprint density at radius 3 is 2.54 bits per heavy atom. The number of aromatic amines is 1. The summed E-state index contributed by atoms with van der Waals surface area (Å²) in [6, 6.07) is 5.30. The van der Waals surface area contributed by atoms with Crippen molar-refractivity contribution in [1.82, 2.24) is 24.9 Å². The number of ether oxygens (including phenoxy) is 2. The minimum absolute atomic E-state index is 0.00389. The van der Waals surface area contributed by atoms with Gasteiger partial charge in [-0.15, -0.1) is 17.9 Å².